The summed E-state index contributed by atoms with van der Waals surface area (Å²) in [5, 5.41) is 4.70. The fourth-order valence-corrected chi connectivity index (χ4v) is 2.16. The number of halogens is 2. The molecule has 2 N–H and O–H groups in total. The molecule has 1 unspecified atom stereocenters. The highest BCUT2D eigenvalue weighted by atomic mass is 35.5. The van der Waals surface area contributed by atoms with Crippen LogP contribution in [-0.4, -0.2) is 9.78 Å². The lowest BCUT2D eigenvalue weighted by Crippen LogP contribution is -2.19. The summed E-state index contributed by atoms with van der Waals surface area (Å²) in [5.41, 5.74) is 7.54. The van der Waals surface area contributed by atoms with Crippen LogP contribution in [0.5, 0.6) is 0 Å². The van der Waals surface area contributed by atoms with Gasteiger partial charge in [0.05, 0.1) is 23.0 Å². The first-order valence-electron chi connectivity index (χ1n) is 5.74. The van der Waals surface area contributed by atoms with Crippen LogP contribution in [0.3, 0.4) is 0 Å². The number of hydrogen-bond acceptors (Lipinski definition) is 2. The summed E-state index contributed by atoms with van der Waals surface area (Å²) in [6.45, 7) is 3.98. The van der Waals surface area contributed by atoms with E-state index in [4.69, 9.17) is 17.3 Å². The third-order valence-corrected chi connectivity index (χ3v) is 3.07. The van der Waals surface area contributed by atoms with Gasteiger partial charge in [0.15, 0.2) is 0 Å². The summed E-state index contributed by atoms with van der Waals surface area (Å²) < 4.78 is 15.0. The Morgan fingerprint density at radius 3 is 2.72 bits per heavy atom. The topological polar surface area (TPSA) is 43.8 Å². The monoisotopic (exact) mass is 267 g/mol. The fraction of sp³-hybridized carbons (Fsp3) is 0.308. The fourth-order valence-electron chi connectivity index (χ4n) is 1.91. The molecule has 0 aliphatic rings. The van der Waals surface area contributed by atoms with Crippen molar-refractivity contribution < 1.29 is 4.39 Å². The van der Waals surface area contributed by atoms with E-state index >= 15 is 0 Å². The molecule has 1 aromatic heterocycles. The highest BCUT2D eigenvalue weighted by Gasteiger charge is 2.20. The highest BCUT2D eigenvalue weighted by Crippen LogP contribution is 2.28. The van der Waals surface area contributed by atoms with Gasteiger partial charge < -0.3 is 5.73 Å². The van der Waals surface area contributed by atoms with E-state index in [0.29, 0.717) is 16.3 Å². The molecule has 0 radical (unpaired) electrons. The number of hydrogen-bond donors (Lipinski definition) is 1. The molecule has 1 atom stereocenters. The maximum absolute atomic E-state index is 13.2. The largest absolute Gasteiger partial charge is 0.319 e. The van der Waals surface area contributed by atoms with Crippen LogP contribution in [-0.2, 0) is 0 Å². The molecule has 0 saturated carbocycles. The van der Waals surface area contributed by atoms with Gasteiger partial charge >= 0.3 is 0 Å². The second kappa shape index (κ2) is 5.08. The van der Waals surface area contributed by atoms with Crippen molar-refractivity contribution in [3.63, 3.8) is 0 Å². The summed E-state index contributed by atoms with van der Waals surface area (Å²) in [4.78, 5) is 0. The summed E-state index contributed by atoms with van der Waals surface area (Å²) in [5.74, 6) is -0.310. The number of nitrogens with zero attached hydrogens (tertiary/aromatic N) is 2. The molecular weight excluding hydrogens is 253 g/mol. The van der Waals surface area contributed by atoms with Gasteiger partial charge in [-0.05, 0) is 31.5 Å². The third kappa shape index (κ3) is 2.40. The summed E-state index contributed by atoms with van der Waals surface area (Å²) in [6, 6.07) is 5.87. The molecule has 96 valence electrons. The Labute approximate surface area is 110 Å². The van der Waals surface area contributed by atoms with Gasteiger partial charge in [-0.3, -0.25) is 4.68 Å². The smallest absolute Gasteiger partial charge is 0.123 e. The average molecular weight is 268 g/mol. The van der Waals surface area contributed by atoms with E-state index in [2.05, 4.69) is 5.10 Å². The van der Waals surface area contributed by atoms with Crippen LogP contribution in [0, 0.1) is 5.82 Å². The standard InChI is InChI=1S/C13H15ClFN3/c1-8(2)18-13(11(14)7-17-18)12(16)9-4-3-5-10(15)6-9/h3-8,12H,16H2,1-2H3. The Hall–Kier alpha value is -1.39. The van der Waals surface area contributed by atoms with Gasteiger partial charge in [0, 0.05) is 6.04 Å². The average Bonchev–Trinajstić information content (AvgIpc) is 2.70. The van der Waals surface area contributed by atoms with Gasteiger partial charge in [0.25, 0.3) is 0 Å². The lowest BCUT2D eigenvalue weighted by molar-refractivity contribution is 0.499. The molecule has 1 aromatic carbocycles. The van der Waals surface area contributed by atoms with Crippen LogP contribution in [0.2, 0.25) is 5.02 Å². The van der Waals surface area contributed by atoms with E-state index < -0.39 is 6.04 Å². The second-order valence-electron chi connectivity index (χ2n) is 4.45. The van der Waals surface area contributed by atoms with Gasteiger partial charge in [-0.2, -0.15) is 5.10 Å². The molecule has 3 nitrogen and oxygen atoms in total. The van der Waals surface area contributed by atoms with Crippen LogP contribution in [0.1, 0.15) is 37.2 Å². The number of aromatic nitrogens is 2. The summed E-state index contributed by atoms with van der Waals surface area (Å²) in [7, 11) is 0. The van der Waals surface area contributed by atoms with Crippen molar-refractivity contribution in [2.75, 3.05) is 0 Å². The molecule has 5 heteroatoms. The van der Waals surface area contributed by atoms with Crippen molar-refractivity contribution in [2.45, 2.75) is 25.9 Å². The van der Waals surface area contributed by atoms with Crippen molar-refractivity contribution in [2.24, 2.45) is 5.73 Å². The first kappa shape index (κ1) is 13.1. The number of nitrogens with two attached hydrogens (primary N) is 1. The summed E-state index contributed by atoms with van der Waals surface area (Å²) >= 11 is 6.12. The van der Waals surface area contributed by atoms with Crippen molar-refractivity contribution in [1.82, 2.24) is 9.78 Å². The first-order valence-corrected chi connectivity index (χ1v) is 6.12. The van der Waals surface area contributed by atoms with Crippen molar-refractivity contribution in [3.05, 3.63) is 52.6 Å². The molecule has 2 aromatic rings. The van der Waals surface area contributed by atoms with Crippen molar-refractivity contribution in [3.8, 4) is 0 Å². The molecule has 0 bridgehead atoms. The minimum Gasteiger partial charge on any atom is -0.319 e. The predicted molar refractivity (Wildman–Crippen MR) is 70.1 cm³/mol. The maximum atomic E-state index is 13.2. The maximum Gasteiger partial charge on any atom is 0.123 e. The zero-order valence-electron chi connectivity index (χ0n) is 10.3. The molecule has 18 heavy (non-hydrogen) atoms. The SMILES string of the molecule is CC(C)n1ncc(Cl)c1C(N)c1cccc(F)c1. The minimum absolute atomic E-state index is 0.145. The Kier molecular flexibility index (Phi) is 3.68. The quantitative estimate of drug-likeness (QED) is 0.927. The van der Waals surface area contributed by atoms with Crippen LogP contribution in [0.15, 0.2) is 30.5 Å². The Morgan fingerprint density at radius 2 is 2.11 bits per heavy atom. The van der Waals surface area contributed by atoms with Gasteiger partial charge in [0.2, 0.25) is 0 Å². The van der Waals surface area contributed by atoms with E-state index in [-0.39, 0.29) is 11.9 Å². The van der Waals surface area contributed by atoms with Gasteiger partial charge in [-0.15, -0.1) is 0 Å². The first-order chi connectivity index (χ1) is 8.50. The molecule has 0 fully saturated rings. The molecule has 0 amide bonds. The molecular formula is C13H15ClFN3. The Balaban J connectivity index is 2.45. The third-order valence-electron chi connectivity index (χ3n) is 2.78. The van der Waals surface area contributed by atoms with Crippen LogP contribution >= 0.6 is 11.6 Å². The molecule has 0 saturated heterocycles. The zero-order valence-corrected chi connectivity index (χ0v) is 11.0. The van der Waals surface area contributed by atoms with E-state index in [1.807, 2.05) is 13.8 Å². The molecule has 0 aliphatic carbocycles. The van der Waals surface area contributed by atoms with Crippen molar-refractivity contribution in [1.29, 1.82) is 0 Å². The molecule has 2 rings (SSSR count). The van der Waals surface area contributed by atoms with Crippen molar-refractivity contribution >= 4 is 11.6 Å². The van der Waals surface area contributed by atoms with Gasteiger partial charge in [-0.25, -0.2) is 4.39 Å². The summed E-state index contributed by atoms with van der Waals surface area (Å²) in [6.07, 6.45) is 1.57. The lowest BCUT2D eigenvalue weighted by atomic mass is 10.0. The van der Waals surface area contributed by atoms with Gasteiger partial charge in [-0.1, -0.05) is 23.7 Å². The van der Waals surface area contributed by atoms with Crippen LogP contribution in [0.25, 0.3) is 0 Å². The van der Waals surface area contributed by atoms with E-state index in [0.717, 1.165) is 0 Å². The van der Waals surface area contributed by atoms with Gasteiger partial charge in [0.1, 0.15) is 5.82 Å². The zero-order chi connectivity index (χ0) is 13.3. The van der Waals surface area contributed by atoms with Crippen LogP contribution in [0.4, 0.5) is 4.39 Å². The second-order valence-corrected chi connectivity index (χ2v) is 4.86. The predicted octanol–water partition coefficient (Wildman–Crippen LogP) is 3.30. The Bertz CT molecular complexity index is 551. The molecule has 0 aliphatic heterocycles. The normalized spacial score (nSPS) is 13.0. The Morgan fingerprint density at radius 1 is 1.39 bits per heavy atom. The molecule has 0 spiro atoms. The number of rotatable bonds is 3. The molecule has 1 heterocycles. The van der Waals surface area contributed by atoms with E-state index in [1.54, 1.807) is 23.0 Å². The van der Waals surface area contributed by atoms with Crippen LogP contribution < -0.4 is 5.73 Å². The van der Waals surface area contributed by atoms with E-state index in [1.165, 1.54) is 12.1 Å². The lowest BCUT2D eigenvalue weighted by Gasteiger charge is -2.17. The number of benzene rings is 1. The highest BCUT2D eigenvalue weighted by molar-refractivity contribution is 6.31. The minimum atomic E-state index is -0.488. The van der Waals surface area contributed by atoms with E-state index in [9.17, 15) is 4.39 Å².